The van der Waals surface area contributed by atoms with Crippen molar-refractivity contribution in [3.05, 3.63) is 28.8 Å². The zero-order chi connectivity index (χ0) is 24.4. The van der Waals surface area contributed by atoms with E-state index in [-0.39, 0.29) is 52.5 Å². The highest BCUT2D eigenvalue weighted by Gasteiger charge is 2.38. The fraction of sp³-hybridized carbons (Fsp3) is 0.542. The van der Waals surface area contributed by atoms with Crippen molar-refractivity contribution in [1.82, 2.24) is 16.0 Å². The number of benzene rings is 1. The molecule has 10 heteroatoms. The van der Waals surface area contributed by atoms with E-state index in [0.717, 1.165) is 32.1 Å². The van der Waals surface area contributed by atoms with Crippen LogP contribution in [0.5, 0.6) is 0 Å². The molecule has 0 unspecified atom stereocenters. The lowest BCUT2D eigenvalue weighted by Crippen LogP contribution is -2.49. The van der Waals surface area contributed by atoms with Crippen LogP contribution in [0, 0.1) is 11.8 Å². The molecule has 34 heavy (non-hydrogen) atoms. The molecule has 1 heterocycles. The number of anilines is 1. The standard InChI is InChI=1S/C24H29ClN4O5/c1-12-9-14(22(32)26-12)10-19(20(30)24(34)27-16-6-7-16)29-23(33)17-11-15(25)5-8-18(17)28-21(31)13-3-2-4-13/h5,8,11-14,16,19H,2-4,6-7,9-10H2,1H3,(H,26,32)(H,27,34)(H,28,31)(H,29,33)/t12-,14+,19+/m1/s1. The second kappa shape index (κ2) is 10.1. The Morgan fingerprint density at radius 3 is 2.47 bits per heavy atom. The van der Waals surface area contributed by atoms with Gasteiger partial charge in [-0.1, -0.05) is 18.0 Å². The third-order valence-corrected chi connectivity index (χ3v) is 6.87. The molecule has 3 fully saturated rings. The topological polar surface area (TPSA) is 133 Å². The fourth-order valence-electron chi connectivity index (χ4n) is 4.27. The second-order valence-electron chi connectivity index (χ2n) is 9.52. The summed E-state index contributed by atoms with van der Waals surface area (Å²) in [4.78, 5) is 63.4. The van der Waals surface area contributed by atoms with Gasteiger partial charge in [-0.2, -0.15) is 0 Å². The van der Waals surface area contributed by atoms with E-state index in [1.165, 1.54) is 12.1 Å². The molecule has 2 saturated carbocycles. The van der Waals surface area contributed by atoms with Crippen LogP contribution in [0.4, 0.5) is 5.69 Å². The Kier molecular flexibility index (Phi) is 7.21. The molecule has 0 spiro atoms. The van der Waals surface area contributed by atoms with Gasteiger partial charge in [0.05, 0.1) is 17.3 Å². The number of hydrogen-bond donors (Lipinski definition) is 4. The molecule has 1 aromatic carbocycles. The number of hydrogen-bond acceptors (Lipinski definition) is 5. The predicted octanol–water partition coefficient (Wildman–Crippen LogP) is 1.94. The summed E-state index contributed by atoms with van der Waals surface area (Å²) in [5.74, 6) is -3.20. The van der Waals surface area contributed by atoms with Crippen LogP contribution in [0.2, 0.25) is 5.02 Å². The van der Waals surface area contributed by atoms with Crippen molar-refractivity contribution in [1.29, 1.82) is 0 Å². The lowest BCUT2D eigenvalue weighted by molar-refractivity contribution is -0.139. The van der Waals surface area contributed by atoms with Crippen molar-refractivity contribution in [3.63, 3.8) is 0 Å². The molecule has 4 rings (SSSR count). The van der Waals surface area contributed by atoms with Crippen molar-refractivity contribution in [2.75, 3.05) is 5.32 Å². The number of carbonyl (C=O) groups is 5. The van der Waals surface area contributed by atoms with E-state index < -0.39 is 29.6 Å². The molecule has 1 aliphatic heterocycles. The fourth-order valence-corrected chi connectivity index (χ4v) is 4.44. The van der Waals surface area contributed by atoms with Crippen molar-refractivity contribution < 1.29 is 24.0 Å². The number of amides is 4. The van der Waals surface area contributed by atoms with Gasteiger partial charge in [-0.05, 0) is 63.6 Å². The third-order valence-electron chi connectivity index (χ3n) is 6.64. The molecule has 182 valence electrons. The number of rotatable bonds is 9. The minimum Gasteiger partial charge on any atom is -0.353 e. The maximum absolute atomic E-state index is 13.2. The Balaban J connectivity index is 1.52. The first-order chi connectivity index (χ1) is 16.2. The Labute approximate surface area is 202 Å². The first kappa shape index (κ1) is 24.2. The lowest BCUT2D eigenvalue weighted by Gasteiger charge is -2.25. The highest BCUT2D eigenvalue weighted by molar-refractivity contribution is 6.38. The smallest absolute Gasteiger partial charge is 0.289 e. The molecular formula is C24H29ClN4O5. The summed E-state index contributed by atoms with van der Waals surface area (Å²) in [6, 6.07) is 3.24. The lowest BCUT2D eigenvalue weighted by atomic mass is 9.85. The molecule has 0 aromatic heterocycles. The monoisotopic (exact) mass is 488 g/mol. The molecule has 0 bridgehead atoms. The minimum absolute atomic E-state index is 0.00314. The molecule has 1 saturated heterocycles. The Bertz CT molecular complexity index is 1020. The molecule has 1 aromatic rings. The molecule has 2 aliphatic carbocycles. The highest BCUT2D eigenvalue weighted by atomic mass is 35.5. The van der Waals surface area contributed by atoms with Gasteiger partial charge in [0, 0.05) is 28.9 Å². The Morgan fingerprint density at radius 1 is 1.15 bits per heavy atom. The summed E-state index contributed by atoms with van der Waals surface area (Å²) >= 11 is 6.11. The van der Waals surface area contributed by atoms with Gasteiger partial charge in [-0.3, -0.25) is 24.0 Å². The molecule has 9 nitrogen and oxygen atoms in total. The zero-order valence-corrected chi connectivity index (χ0v) is 19.7. The summed E-state index contributed by atoms with van der Waals surface area (Å²) in [6.45, 7) is 1.86. The van der Waals surface area contributed by atoms with Gasteiger partial charge < -0.3 is 21.3 Å². The number of halogens is 1. The minimum atomic E-state index is -1.19. The van der Waals surface area contributed by atoms with Gasteiger partial charge in [-0.15, -0.1) is 0 Å². The molecular weight excluding hydrogens is 460 g/mol. The second-order valence-corrected chi connectivity index (χ2v) is 9.96. The maximum atomic E-state index is 13.2. The molecule has 3 atom stereocenters. The van der Waals surface area contributed by atoms with E-state index in [1.807, 2.05) is 6.92 Å². The van der Waals surface area contributed by atoms with Gasteiger partial charge >= 0.3 is 0 Å². The van der Waals surface area contributed by atoms with Crippen LogP contribution in [0.1, 0.15) is 62.2 Å². The first-order valence-corrected chi connectivity index (χ1v) is 12.2. The van der Waals surface area contributed by atoms with Crippen LogP contribution in [0.15, 0.2) is 18.2 Å². The molecule has 4 amide bonds. The summed E-state index contributed by atoms with van der Waals surface area (Å²) in [6.07, 6.45) is 4.72. The zero-order valence-electron chi connectivity index (χ0n) is 19.0. The average molecular weight is 489 g/mol. The summed E-state index contributed by atoms with van der Waals surface area (Å²) in [7, 11) is 0. The van der Waals surface area contributed by atoms with Crippen molar-refractivity contribution in [2.45, 2.75) is 70.0 Å². The van der Waals surface area contributed by atoms with E-state index in [2.05, 4.69) is 21.3 Å². The van der Waals surface area contributed by atoms with E-state index in [1.54, 1.807) is 6.07 Å². The SMILES string of the molecule is C[C@@H]1C[C@@H](C[C@H](NC(=O)c2cc(Cl)ccc2NC(=O)C2CCC2)C(=O)C(=O)NC2CC2)C(=O)N1. The molecule has 3 aliphatic rings. The van der Waals surface area contributed by atoms with Gasteiger partial charge in [0.25, 0.3) is 11.8 Å². The Hall–Kier alpha value is -2.94. The normalized spacial score (nSPS) is 22.8. The predicted molar refractivity (Wildman–Crippen MR) is 125 cm³/mol. The number of ketones is 1. The first-order valence-electron chi connectivity index (χ1n) is 11.8. The third kappa shape index (κ3) is 5.75. The number of nitrogens with one attached hydrogen (secondary N) is 4. The number of carbonyl (C=O) groups excluding carboxylic acids is 5. The van der Waals surface area contributed by atoms with Crippen molar-refractivity contribution in [3.8, 4) is 0 Å². The van der Waals surface area contributed by atoms with Crippen LogP contribution in [0.3, 0.4) is 0 Å². The summed E-state index contributed by atoms with van der Waals surface area (Å²) in [5.41, 5.74) is 0.365. The summed E-state index contributed by atoms with van der Waals surface area (Å²) in [5, 5.41) is 11.1. The van der Waals surface area contributed by atoms with Gasteiger partial charge in [0.1, 0.15) is 0 Å². The van der Waals surface area contributed by atoms with E-state index in [9.17, 15) is 24.0 Å². The molecule has 0 radical (unpaired) electrons. The van der Waals surface area contributed by atoms with Crippen molar-refractivity contribution in [2.24, 2.45) is 11.8 Å². The van der Waals surface area contributed by atoms with Crippen molar-refractivity contribution >= 4 is 46.7 Å². The molecule has 4 N–H and O–H groups in total. The van der Waals surface area contributed by atoms with Crippen LogP contribution in [-0.2, 0) is 19.2 Å². The highest BCUT2D eigenvalue weighted by Crippen LogP contribution is 2.29. The van der Waals surface area contributed by atoms with Crippen LogP contribution in [0.25, 0.3) is 0 Å². The summed E-state index contributed by atoms with van der Waals surface area (Å²) < 4.78 is 0. The quantitative estimate of drug-likeness (QED) is 0.394. The number of Topliss-reactive ketones (excluding diaryl/α,β-unsaturated/α-hetero) is 1. The van der Waals surface area contributed by atoms with Crippen LogP contribution < -0.4 is 21.3 Å². The largest absolute Gasteiger partial charge is 0.353 e. The van der Waals surface area contributed by atoms with Gasteiger partial charge in [0.2, 0.25) is 17.6 Å². The average Bonchev–Trinajstić information content (AvgIpc) is 3.49. The van der Waals surface area contributed by atoms with Crippen LogP contribution >= 0.6 is 11.6 Å². The maximum Gasteiger partial charge on any atom is 0.289 e. The van der Waals surface area contributed by atoms with Gasteiger partial charge in [0.15, 0.2) is 0 Å². The van der Waals surface area contributed by atoms with Gasteiger partial charge in [-0.25, -0.2) is 0 Å². The van der Waals surface area contributed by atoms with Crippen LogP contribution in [-0.4, -0.2) is 47.5 Å². The van der Waals surface area contributed by atoms with E-state index in [4.69, 9.17) is 11.6 Å². The van der Waals surface area contributed by atoms with E-state index >= 15 is 0 Å². The van der Waals surface area contributed by atoms with E-state index in [0.29, 0.717) is 6.42 Å². The Morgan fingerprint density at radius 2 is 1.88 bits per heavy atom.